The van der Waals surface area contributed by atoms with Crippen molar-refractivity contribution in [2.75, 3.05) is 0 Å². The molecule has 1 aromatic rings. The maximum absolute atomic E-state index is 5.32. The van der Waals surface area contributed by atoms with E-state index in [-0.39, 0.29) is 0 Å². The highest BCUT2D eigenvalue weighted by Crippen LogP contribution is 2.16. The number of benzene rings is 1. The van der Waals surface area contributed by atoms with E-state index in [2.05, 4.69) is 19.1 Å². The second kappa shape index (κ2) is 3.59. The van der Waals surface area contributed by atoms with Crippen molar-refractivity contribution in [2.45, 2.75) is 0 Å². The van der Waals surface area contributed by atoms with Gasteiger partial charge in [-0.2, -0.15) is 0 Å². The van der Waals surface area contributed by atoms with Crippen molar-refractivity contribution < 1.29 is 0 Å². The molecule has 0 aliphatic carbocycles. The number of hydrogen-bond acceptors (Lipinski definition) is 0. The molecule has 12 heavy (non-hydrogen) atoms. The van der Waals surface area contributed by atoms with Crippen LogP contribution in [0.1, 0.15) is 16.7 Å². The smallest absolute Gasteiger partial charge is 0.0320 e. The lowest BCUT2D eigenvalue weighted by atomic mass is 10.0. The Morgan fingerprint density at radius 3 is 2.50 bits per heavy atom. The quantitative estimate of drug-likeness (QED) is 0.574. The maximum atomic E-state index is 5.32. The van der Waals surface area contributed by atoms with Crippen LogP contribution in [0.15, 0.2) is 31.4 Å². The first-order valence-corrected chi connectivity index (χ1v) is 3.68. The zero-order chi connectivity index (χ0) is 8.97. The predicted molar refractivity (Wildman–Crippen MR) is 54.6 cm³/mol. The van der Waals surface area contributed by atoms with Crippen molar-refractivity contribution in [3.05, 3.63) is 48.0 Å². The average molecular weight is 154 g/mol. The van der Waals surface area contributed by atoms with Gasteiger partial charge in [0, 0.05) is 5.56 Å². The summed E-state index contributed by atoms with van der Waals surface area (Å²) < 4.78 is 0. The molecule has 0 fully saturated rings. The molecule has 0 unspecified atom stereocenters. The van der Waals surface area contributed by atoms with Crippen LogP contribution in [0.3, 0.4) is 0 Å². The molecular formula is C12H10. The van der Waals surface area contributed by atoms with Crippen LogP contribution in [0.25, 0.3) is 12.2 Å². The van der Waals surface area contributed by atoms with Crippen molar-refractivity contribution in [3.63, 3.8) is 0 Å². The Morgan fingerprint density at radius 1 is 1.25 bits per heavy atom. The van der Waals surface area contributed by atoms with E-state index in [4.69, 9.17) is 6.42 Å². The van der Waals surface area contributed by atoms with Gasteiger partial charge in [0.1, 0.15) is 0 Å². The molecule has 0 aromatic heterocycles. The first-order chi connectivity index (χ1) is 5.83. The van der Waals surface area contributed by atoms with Crippen LogP contribution in [0.5, 0.6) is 0 Å². The van der Waals surface area contributed by atoms with Gasteiger partial charge in [0.2, 0.25) is 0 Å². The van der Waals surface area contributed by atoms with Gasteiger partial charge in [-0.25, -0.2) is 0 Å². The molecule has 0 atom stereocenters. The van der Waals surface area contributed by atoms with Crippen LogP contribution in [0.4, 0.5) is 0 Å². The zero-order valence-electron chi connectivity index (χ0n) is 6.88. The molecule has 0 saturated carbocycles. The molecule has 0 saturated heterocycles. The SMILES string of the molecule is C#Cc1cccc(C=C)c1C=C. The highest BCUT2D eigenvalue weighted by atomic mass is 14.0. The van der Waals surface area contributed by atoms with Crippen molar-refractivity contribution in [1.82, 2.24) is 0 Å². The number of hydrogen-bond donors (Lipinski definition) is 0. The Labute approximate surface area is 73.2 Å². The molecule has 0 heteroatoms. The van der Waals surface area contributed by atoms with Crippen LogP contribution in [-0.2, 0) is 0 Å². The Bertz CT molecular complexity index is 351. The van der Waals surface area contributed by atoms with E-state index >= 15 is 0 Å². The summed E-state index contributed by atoms with van der Waals surface area (Å²) in [6.07, 6.45) is 8.85. The summed E-state index contributed by atoms with van der Waals surface area (Å²) in [5.41, 5.74) is 2.87. The molecule has 58 valence electrons. The van der Waals surface area contributed by atoms with Gasteiger partial charge in [0.05, 0.1) is 0 Å². The molecule has 1 aromatic carbocycles. The lowest BCUT2D eigenvalue weighted by Crippen LogP contribution is -1.85. The third-order valence-electron chi connectivity index (χ3n) is 1.72. The second-order valence-corrected chi connectivity index (χ2v) is 2.36. The molecule has 0 heterocycles. The first kappa shape index (κ1) is 8.36. The Balaban J connectivity index is 3.44. The van der Waals surface area contributed by atoms with Crippen molar-refractivity contribution in [3.8, 4) is 12.3 Å². The zero-order valence-corrected chi connectivity index (χ0v) is 6.88. The molecule has 0 nitrogen and oxygen atoms in total. The van der Waals surface area contributed by atoms with E-state index in [1.165, 1.54) is 0 Å². The monoisotopic (exact) mass is 154 g/mol. The maximum Gasteiger partial charge on any atom is 0.0320 e. The standard InChI is InChI=1S/C12H10/c1-4-10-8-7-9-11(5-2)12(10)6-3/h1,5-9H,2-3H2. The van der Waals surface area contributed by atoms with Gasteiger partial charge in [0.25, 0.3) is 0 Å². The average Bonchev–Trinajstić information content (AvgIpc) is 2.16. The van der Waals surface area contributed by atoms with Gasteiger partial charge in [0.15, 0.2) is 0 Å². The minimum Gasteiger partial charge on any atom is -0.115 e. The first-order valence-electron chi connectivity index (χ1n) is 3.68. The van der Waals surface area contributed by atoms with E-state index in [0.29, 0.717) is 0 Å². The largest absolute Gasteiger partial charge is 0.115 e. The van der Waals surface area contributed by atoms with Crippen LogP contribution in [0.2, 0.25) is 0 Å². The van der Waals surface area contributed by atoms with E-state index in [9.17, 15) is 0 Å². The molecule has 0 amide bonds. The summed E-state index contributed by atoms with van der Waals surface area (Å²) in [7, 11) is 0. The van der Waals surface area contributed by atoms with Gasteiger partial charge >= 0.3 is 0 Å². The van der Waals surface area contributed by atoms with Gasteiger partial charge in [-0.3, -0.25) is 0 Å². The fourth-order valence-electron chi connectivity index (χ4n) is 1.11. The normalized spacial score (nSPS) is 8.58. The van der Waals surface area contributed by atoms with E-state index in [1.54, 1.807) is 12.2 Å². The van der Waals surface area contributed by atoms with Gasteiger partial charge < -0.3 is 0 Å². The summed E-state index contributed by atoms with van der Waals surface area (Å²) in [6.45, 7) is 7.40. The minimum atomic E-state index is 0.863. The molecule has 0 aliphatic heterocycles. The van der Waals surface area contributed by atoms with Gasteiger partial charge in [-0.05, 0) is 17.2 Å². The fourth-order valence-corrected chi connectivity index (χ4v) is 1.11. The Morgan fingerprint density at radius 2 is 2.00 bits per heavy atom. The molecule has 0 radical (unpaired) electrons. The van der Waals surface area contributed by atoms with Crippen molar-refractivity contribution >= 4 is 12.2 Å². The van der Waals surface area contributed by atoms with Crippen LogP contribution >= 0.6 is 0 Å². The molecule has 1 rings (SSSR count). The topological polar surface area (TPSA) is 0 Å². The van der Waals surface area contributed by atoms with E-state index < -0.39 is 0 Å². The third-order valence-corrected chi connectivity index (χ3v) is 1.72. The summed E-state index contributed by atoms with van der Waals surface area (Å²) in [6, 6.07) is 5.77. The number of terminal acetylenes is 1. The molecule has 0 bridgehead atoms. The third kappa shape index (κ3) is 1.31. The van der Waals surface area contributed by atoms with E-state index in [0.717, 1.165) is 16.7 Å². The van der Waals surface area contributed by atoms with E-state index in [1.807, 2.05) is 18.2 Å². The predicted octanol–water partition coefficient (Wildman–Crippen LogP) is 2.95. The summed E-state index contributed by atoms with van der Waals surface area (Å²) in [5.74, 6) is 2.60. The molecule has 0 aliphatic rings. The Hall–Kier alpha value is -1.74. The lowest BCUT2D eigenvalue weighted by Gasteiger charge is -2.02. The van der Waals surface area contributed by atoms with Crippen LogP contribution in [-0.4, -0.2) is 0 Å². The Kier molecular flexibility index (Phi) is 2.50. The van der Waals surface area contributed by atoms with Gasteiger partial charge in [-0.15, -0.1) is 6.42 Å². The van der Waals surface area contributed by atoms with Crippen molar-refractivity contribution in [2.24, 2.45) is 0 Å². The molecule has 0 spiro atoms. The van der Waals surface area contributed by atoms with Crippen molar-refractivity contribution in [1.29, 1.82) is 0 Å². The lowest BCUT2D eigenvalue weighted by molar-refractivity contribution is 1.57. The van der Waals surface area contributed by atoms with Gasteiger partial charge in [-0.1, -0.05) is 43.4 Å². The highest BCUT2D eigenvalue weighted by Gasteiger charge is 1.98. The summed E-state index contributed by atoms with van der Waals surface area (Å²) in [5, 5.41) is 0. The van der Waals surface area contributed by atoms with Crippen LogP contribution < -0.4 is 0 Å². The molecular weight excluding hydrogens is 144 g/mol. The second-order valence-electron chi connectivity index (χ2n) is 2.36. The summed E-state index contributed by atoms with van der Waals surface area (Å²) in [4.78, 5) is 0. The minimum absolute atomic E-state index is 0.863. The number of rotatable bonds is 2. The fraction of sp³-hybridized carbons (Fsp3) is 0. The molecule has 0 N–H and O–H groups in total. The highest BCUT2D eigenvalue weighted by molar-refractivity contribution is 5.69. The van der Waals surface area contributed by atoms with Crippen LogP contribution in [0, 0.1) is 12.3 Å². The summed E-state index contributed by atoms with van der Waals surface area (Å²) >= 11 is 0.